The zero-order valence-electron chi connectivity index (χ0n) is 12.3. The molecule has 0 aliphatic rings. The molecular formula is C17H11N3OS3. The summed E-state index contributed by atoms with van der Waals surface area (Å²) in [5.41, 5.74) is 2.99. The first-order valence-corrected chi connectivity index (χ1v) is 9.75. The summed E-state index contributed by atoms with van der Waals surface area (Å²) in [5.74, 6) is -0.156. The van der Waals surface area contributed by atoms with Gasteiger partial charge in [-0.15, -0.1) is 21.5 Å². The van der Waals surface area contributed by atoms with Crippen molar-refractivity contribution in [2.45, 2.75) is 0 Å². The number of aromatic nitrogens is 2. The van der Waals surface area contributed by atoms with E-state index in [0.29, 0.717) is 10.0 Å². The Morgan fingerprint density at radius 2 is 1.83 bits per heavy atom. The number of thiophene rings is 2. The molecule has 3 heterocycles. The SMILES string of the molecule is O=C(Nc1nnc(-c2ccsc2)s1)c1sccc1-c1ccccc1. The molecule has 7 heteroatoms. The van der Waals surface area contributed by atoms with E-state index in [1.165, 1.54) is 22.7 Å². The van der Waals surface area contributed by atoms with Crippen LogP contribution in [0, 0.1) is 0 Å². The Kier molecular flexibility index (Phi) is 4.20. The first kappa shape index (κ1) is 15.2. The van der Waals surface area contributed by atoms with Crippen LogP contribution >= 0.6 is 34.0 Å². The summed E-state index contributed by atoms with van der Waals surface area (Å²) in [4.78, 5) is 13.3. The van der Waals surface area contributed by atoms with Crippen molar-refractivity contribution in [3.8, 4) is 21.7 Å². The normalized spacial score (nSPS) is 10.7. The van der Waals surface area contributed by atoms with Gasteiger partial charge in [0.15, 0.2) is 0 Å². The molecule has 1 amide bonds. The molecular weight excluding hydrogens is 358 g/mol. The van der Waals surface area contributed by atoms with Crippen LogP contribution in [0.15, 0.2) is 58.6 Å². The third-order valence-corrected chi connectivity index (χ3v) is 5.85. The van der Waals surface area contributed by atoms with Gasteiger partial charge >= 0.3 is 0 Å². The van der Waals surface area contributed by atoms with Crippen molar-refractivity contribution in [1.29, 1.82) is 0 Å². The maximum atomic E-state index is 12.6. The number of hydrogen-bond donors (Lipinski definition) is 1. The van der Waals surface area contributed by atoms with Gasteiger partial charge in [-0.1, -0.05) is 41.7 Å². The van der Waals surface area contributed by atoms with Gasteiger partial charge in [0.1, 0.15) is 9.88 Å². The summed E-state index contributed by atoms with van der Waals surface area (Å²) in [7, 11) is 0. The molecule has 0 atom stereocenters. The van der Waals surface area contributed by atoms with Crippen molar-refractivity contribution >= 4 is 45.0 Å². The smallest absolute Gasteiger partial charge is 0.268 e. The van der Waals surface area contributed by atoms with E-state index in [1.54, 1.807) is 11.3 Å². The molecule has 1 aromatic carbocycles. The van der Waals surface area contributed by atoms with Gasteiger partial charge < -0.3 is 0 Å². The Hall–Kier alpha value is -2.35. The standard InChI is InChI=1S/C17H11N3OS3/c21-15(14-13(7-9-23-14)11-4-2-1-3-5-11)18-17-20-19-16(24-17)12-6-8-22-10-12/h1-10H,(H,18,20,21). The number of amides is 1. The third-order valence-electron chi connectivity index (χ3n) is 3.37. The van der Waals surface area contributed by atoms with Crippen LogP contribution in [0.5, 0.6) is 0 Å². The van der Waals surface area contributed by atoms with Crippen molar-refractivity contribution in [2.24, 2.45) is 0 Å². The van der Waals surface area contributed by atoms with E-state index in [-0.39, 0.29) is 5.91 Å². The molecule has 4 rings (SSSR count). The highest BCUT2D eigenvalue weighted by Gasteiger charge is 2.17. The van der Waals surface area contributed by atoms with Gasteiger partial charge in [-0.25, -0.2) is 0 Å². The predicted octanol–water partition coefficient (Wildman–Crippen LogP) is 5.25. The summed E-state index contributed by atoms with van der Waals surface area (Å²) in [6.45, 7) is 0. The summed E-state index contributed by atoms with van der Waals surface area (Å²) in [6, 6.07) is 13.8. The number of nitrogens with zero attached hydrogens (tertiary/aromatic N) is 2. The largest absolute Gasteiger partial charge is 0.296 e. The summed E-state index contributed by atoms with van der Waals surface area (Å²) >= 11 is 4.41. The predicted molar refractivity (Wildman–Crippen MR) is 101 cm³/mol. The minimum atomic E-state index is -0.156. The van der Waals surface area contributed by atoms with Crippen molar-refractivity contribution in [3.05, 3.63) is 63.5 Å². The average molecular weight is 369 g/mol. The molecule has 0 unspecified atom stereocenters. The number of benzene rings is 1. The minimum Gasteiger partial charge on any atom is -0.296 e. The number of hydrogen-bond acceptors (Lipinski definition) is 6. The molecule has 118 valence electrons. The lowest BCUT2D eigenvalue weighted by Crippen LogP contribution is -2.11. The zero-order valence-corrected chi connectivity index (χ0v) is 14.8. The average Bonchev–Trinajstić information content (AvgIpc) is 3.36. The van der Waals surface area contributed by atoms with E-state index < -0.39 is 0 Å². The molecule has 4 aromatic rings. The Bertz CT molecular complexity index is 958. The van der Waals surface area contributed by atoms with Gasteiger partial charge in [0.05, 0.1) is 0 Å². The number of carbonyl (C=O) groups excluding carboxylic acids is 1. The second kappa shape index (κ2) is 6.64. The van der Waals surface area contributed by atoms with Crippen LogP contribution in [0.25, 0.3) is 21.7 Å². The van der Waals surface area contributed by atoms with Crippen LogP contribution in [0.1, 0.15) is 9.67 Å². The van der Waals surface area contributed by atoms with Gasteiger partial charge in [0.25, 0.3) is 5.91 Å². The molecule has 4 nitrogen and oxygen atoms in total. The fourth-order valence-electron chi connectivity index (χ4n) is 2.26. The van der Waals surface area contributed by atoms with Gasteiger partial charge in [-0.05, 0) is 28.5 Å². The molecule has 0 spiro atoms. The van der Waals surface area contributed by atoms with Crippen LogP contribution in [-0.4, -0.2) is 16.1 Å². The van der Waals surface area contributed by atoms with E-state index in [2.05, 4.69) is 15.5 Å². The first-order chi connectivity index (χ1) is 11.8. The summed E-state index contributed by atoms with van der Waals surface area (Å²) in [5, 5.41) is 18.3. The van der Waals surface area contributed by atoms with Gasteiger partial charge in [-0.2, -0.15) is 11.3 Å². The van der Waals surface area contributed by atoms with Gasteiger partial charge in [-0.3, -0.25) is 10.1 Å². The van der Waals surface area contributed by atoms with E-state index >= 15 is 0 Å². The van der Waals surface area contributed by atoms with Gasteiger partial charge in [0, 0.05) is 16.5 Å². The topological polar surface area (TPSA) is 54.9 Å². The molecule has 0 fully saturated rings. The van der Waals surface area contributed by atoms with E-state index in [1.807, 2.05) is 58.6 Å². The van der Waals surface area contributed by atoms with Crippen LogP contribution < -0.4 is 5.32 Å². The van der Waals surface area contributed by atoms with Crippen molar-refractivity contribution in [2.75, 3.05) is 5.32 Å². The Morgan fingerprint density at radius 3 is 2.62 bits per heavy atom. The van der Waals surface area contributed by atoms with Crippen LogP contribution in [-0.2, 0) is 0 Å². The van der Waals surface area contributed by atoms with Gasteiger partial charge in [0.2, 0.25) is 5.13 Å². The quantitative estimate of drug-likeness (QED) is 0.535. The second-order valence-electron chi connectivity index (χ2n) is 4.91. The zero-order chi connectivity index (χ0) is 16.4. The highest BCUT2D eigenvalue weighted by atomic mass is 32.1. The summed E-state index contributed by atoms with van der Waals surface area (Å²) in [6.07, 6.45) is 0. The number of rotatable bonds is 4. The Labute approximate surface area is 150 Å². The highest BCUT2D eigenvalue weighted by molar-refractivity contribution is 7.19. The van der Waals surface area contributed by atoms with E-state index in [9.17, 15) is 4.79 Å². The highest BCUT2D eigenvalue weighted by Crippen LogP contribution is 2.31. The molecule has 0 aliphatic carbocycles. The molecule has 0 bridgehead atoms. The maximum Gasteiger partial charge on any atom is 0.268 e. The first-order valence-electron chi connectivity index (χ1n) is 7.11. The van der Waals surface area contributed by atoms with E-state index in [4.69, 9.17) is 0 Å². The fraction of sp³-hybridized carbons (Fsp3) is 0. The lowest BCUT2D eigenvalue weighted by Gasteiger charge is -2.03. The molecule has 1 N–H and O–H groups in total. The number of carbonyl (C=O) groups is 1. The molecule has 0 saturated carbocycles. The number of anilines is 1. The van der Waals surface area contributed by atoms with E-state index in [0.717, 1.165) is 21.7 Å². The molecule has 0 saturated heterocycles. The third kappa shape index (κ3) is 3.01. The summed E-state index contributed by atoms with van der Waals surface area (Å²) < 4.78 is 0. The van der Waals surface area contributed by atoms with Crippen LogP contribution in [0.3, 0.4) is 0 Å². The van der Waals surface area contributed by atoms with Crippen molar-refractivity contribution in [3.63, 3.8) is 0 Å². The number of nitrogens with one attached hydrogen (secondary N) is 1. The minimum absolute atomic E-state index is 0.156. The molecule has 3 aromatic heterocycles. The fourth-order valence-corrected chi connectivity index (χ4v) is 4.52. The van der Waals surface area contributed by atoms with Crippen LogP contribution in [0.2, 0.25) is 0 Å². The van der Waals surface area contributed by atoms with Crippen molar-refractivity contribution < 1.29 is 4.79 Å². The molecule has 0 radical (unpaired) electrons. The lowest BCUT2D eigenvalue weighted by atomic mass is 10.1. The Morgan fingerprint density at radius 1 is 0.958 bits per heavy atom. The lowest BCUT2D eigenvalue weighted by molar-refractivity contribution is 0.103. The molecule has 24 heavy (non-hydrogen) atoms. The Balaban J connectivity index is 1.57. The van der Waals surface area contributed by atoms with Crippen LogP contribution in [0.4, 0.5) is 5.13 Å². The molecule has 0 aliphatic heterocycles. The monoisotopic (exact) mass is 369 g/mol. The second-order valence-corrected chi connectivity index (χ2v) is 7.58. The maximum absolute atomic E-state index is 12.6. The van der Waals surface area contributed by atoms with Crippen molar-refractivity contribution in [1.82, 2.24) is 10.2 Å².